The van der Waals surface area contributed by atoms with Gasteiger partial charge in [-0.15, -0.1) is 0 Å². The third-order valence-corrected chi connectivity index (χ3v) is 2.72. The van der Waals surface area contributed by atoms with Gasteiger partial charge in [-0.3, -0.25) is 0 Å². The second-order valence-electron chi connectivity index (χ2n) is 3.86. The van der Waals surface area contributed by atoms with E-state index in [9.17, 15) is 13.9 Å². The molecule has 0 radical (unpaired) electrons. The number of benzene rings is 1. The molecule has 1 unspecified atom stereocenters. The molecule has 0 heterocycles. The zero-order valence-electron chi connectivity index (χ0n) is 8.43. The van der Waals surface area contributed by atoms with E-state index in [4.69, 9.17) is 0 Å². The Morgan fingerprint density at radius 3 is 2.60 bits per heavy atom. The maximum atomic E-state index is 13.5. The molecule has 1 N–H and O–H groups in total. The Balaban J connectivity index is 2.46. The summed E-state index contributed by atoms with van der Waals surface area (Å²) >= 11 is 0. The van der Waals surface area contributed by atoms with Crippen LogP contribution < -0.4 is 0 Å². The SMILES string of the molecule is Cc1ccc(C2=CC(O)CC2)c(F)c1F. The van der Waals surface area contributed by atoms with Crippen molar-refractivity contribution in [1.29, 1.82) is 0 Å². The molecule has 80 valence electrons. The van der Waals surface area contributed by atoms with Gasteiger partial charge >= 0.3 is 0 Å². The van der Waals surface area contributed by atoms with Gasteiger partial charge < -0.3 is 5.11 Å². The van der Waals surface area contributed by atoms with Gasteiger partial charge in [0.05, 0.1) is 6.10 Å². The highest BCUT2D eigenvalue weighted by molar-refractivity contribution is 5.68. The van der Waals surface area contributed by atoms with Gasteiger partial charge in [0.25, 0.3) is 0 Å². The van der Waals surface area contributed by atoms with Gasteiger partial charge in [-0.25, -0.2) is 8.78 Å². The Bertz CT molecular complexity index is 424. The number of hydrogen-bond donors (Lipinski definition) is 1. The zero-order chi connectivity index (χ0) is 11.0. The largest absolute Gasteiger partial charge is 0.389 e. The van der Waals surface area contributed by atoms with Crippen LogP contribution in [0.3, 0.4) is 0 Å². The van der Waals surface area contributed by atoms with Crippen molar-refractivity contribution in [3.05, 3.63) is 41.0 Å². The summed E-state index contributed by atoms with van der Waals surface area (Å²) < 4.78 is 26.8. The van der Waals surface area contributed by atoms with E-state index in [-0.39, 0.29) is 5.56 Å². The summed E-state index contributed by atoms with van der Waals surface area (Å²) in [6.45, 7) is 1.53. The molecule has 15 heavy (non-hydrogen) atoms. The molecule has 0 amide bonds. The third kappa shape index (κ3) is 1.79. The van der Waals surface area contributed by atoms with Gasteiger partial charge in [-0.2, -0.15) is 0 Å². The van der Waals surface area contributed by atoms with Crippen LogP contribution in [0.25, 0.3) is 5.57 Å². The van der Waals surface area contributed by atoms with Gasteiger partial charge in [-0.1, -0.05) is 18.2 Å². The Morgan fingerprint density at radius 1 is 1.27 bits per heavy atom. The van der Waals surface area contributed by atoms with E-state index in [2.05, 4.69) is 0 Å². The highest BCUT2D eigenvalue weighted by Crippen LogP contribution is 2.31. The Kier molecular flexibility index (Phi) is 2.57. The molecule has 0 spiro atoms. The van der Waals surface area contributed by atoms with Crippen LogP contribution in [0, 0.1) is 18.6 Å². The first kappa shape index (κ1) is 10.3. The van der Waals surface area contributed by atoms with E-state index >= 15 is 0 Å². The van der Waals surface area contributed by atoms with E-state index in [1.54, 1.807) is 18.2 Å². The molecule has 1 aromatic carbocycles. The van der Waals surface area contributed by atoms with Gasteiger partial charge in [0.1, 0.15) is 0 Å². The van der Waals surface area contributed by atoms with Crippen LogP contribution in [0.5, 0.6) is 0 Å². The van der Waals surface area contributed by atoms with E-state index in [1.807, 2.05) is 0 Å². The fourth-order valence-corrected chi connectivity index (χ4v) is 1.82. The summed E-state index contributed by atoms with van der Waals surface area (Å²) in [5.41, 5.74) is 1.27. The number of aryl methyl sites for hydroxylation is 1. The molecule has 1 atom stereocenters. The highest BCUT2D eigenvalue weighted by Gasteiger charge is 2.19. The summed E-state index contributed by atoms with van der Waals surface area (Å²) in [5.74, 6) is -1.61. The number of aliphatic hydroxyl groups is 1. The number of halogens is 2. The molecule has 1 aliphatic carbocycles. The second kappa shape index (κ2) is 3.74. The van der Waals surface area contributed by atoms with Crippen molar-refractivity contribution in [3.8, 4) is 0 Å². The summed E-state index contributed by atoms with van der Waals surface area (Å²) in [7, 11) is 0. The molecule has 0 aromatic heterocycles. The van der Waals surface area contributed by atoms with Gasteiger partial charge in [0.15, 0.2) is 11.6 Å². The topological polar surface area (TPSA) is 20.2 Å². The van der Waals surface area contributed by atoms with E-state index < -0.39 is 17.7 Å². The van der Waals surface area contributed by atoms with Crippen LogP contribution in [0.2, 0.25) is 0 Å². The molecule has 0 saturated carbocycles. The summed E-state index contributed by atoms with van der Waals surface area (Å²) in [6, 6.07) is 3.12. The minimum Gasteiger partial charge on any atom is -0.389 e. The van der Waals surface area contributed by atoms with Crippen LogP contribution in [0.4, 0.5) is 8.78 Å². The maximum Gasteiger partial charge on any atom is 0.166 e. The number of rotatable bonds is 1. The lowest BCUT2D eigenvalue weighted by Gasteiger charge is -2.06. The molecule has 0 fully saturated rings. The molecule has 1 aromatic rings. The highest BCUT2D eigenvalue weighted by atomic mass is 19.2. The minimum atomic E-state index is -0.810. The lowest BCUT2D eigenvalue weighted by Crippen LogP contribution is -1.95. The molecule has 3 heteroatoms. The predicted molar refractivity (Wildman–Crippen MR) is 54.3 cm³/mol. The lowest BCUT2D eigenvalue weighted by molar-refractivity contribution is 0.223. The van der Waals surface area contributed by atoms with Gasteiger partial charge in [0, 0.05) is 5.56 Å². The number of hydrogen-bond acceptors (Lipinski definition) is 1. The zero-order valence-corrected chi connectivity index (χ0v) is 8.43. The third-order valence-electron chi connectivity index (χ3n) is 2.72. The monoisotopic (exact) mass is 210 g/mol. The van der Waals surface area contributed by atoms with Crippen LogP contribution in [-0.2, 0) is 0 Å². The van der Waals surface area contributed by atoms with Crippen LogP contribution in [0.1, 0.15) is 24.0 Å². The van der Waals surface area contributed by atoms with Crippen molar-refractivity contribution >= 4 is 5.57 Å². The Morgan fingerprint density at radius 2 is 2.00 bits per heavy atom. The summed E-state index contributed by atoms with van der Waals surface area (Å²) in [5, 5.41) is 9.28. The average molecular weight is 210 g/mol. The number of allylic oxidation sites excluding steroid dienone is 1. The number of aliphatic hydroxyl groups excluding tert-OH is 1. The summed E-state index contributed by atoms with van der Waals surface area (Å²) in [4.78, 5) is 0. The quantitative estimate of drug-likeness (QED) is 0.755. The van der Waals surface area contributed by atoms with Crippen LogP contribution in [-0.4, -0.2) is 11.2 Å². The van der Waals surface area contributed by atoms with Crippen molar-refractivity contribution in [2.75, 3.05) is 0 Å². The standard InChI is InChI=1S/C12H12F2O/c1-7-2-5-10(12(14)11(7)13)8-3-4-9(15)6-8/h2,5-6,9,15H,3-4H2,1H3. The average Bonchev–Trinajstić information content (AvgIpc) is 2.61. The van der Waals surface area contributed by atoms with E-state index in [0.29, 0.717) is 24.0 Å². The molecule has 0 aliphatic heterocycles. The summed E-state index contributed by atoms with van der Waals surface area (Å²) in [6.07, 6.45) is 2.25. The van der Waals surface area contributed by atoms with E-state index in [0.717, 1.165) is 0 Å². The molecular weight excluding hydrogens is 198 g/mol. The van der Waals surface area contributed by atoms with Crippen molar-refractivity contribution in [3.63, 3.8) is 0 Å². The Hall–Kier alpha value is -1.22. The Labute approximate surface area is 87.1 Å². The first-order valence-corrected chi connectivity index (χ1v) is 4.93. The second-order valence-corrected chi connectivity index (χ2v) is 3.86. The smallest absolute Gasteiger partial charge is 0.166 e. The van der Waals surface area contributed by atoms with E-state index in [1.165, 1.54) is 6.92 Å². The van der Waals surface area contributed by atoms with Crippen molar-refractivity contribution in [2.24, 2.45) is 0 Å². The van der Waals surface area contributed by atoms with Crippen molar-refractivity contribution in [1.82, 2.24) is 0 Å². The molecular formula is C12H12F2O. The maximum absolute atomic E-state index is 13.5. The molecule has 0 bridgehead atoms. The molecule has 2 rings (SSSR count). The predicted octanol–water partition coefficient (Wildman–Crippen LogP) is 2.81. The lowest BCUT2D eigenvalue weighted by atomic mass is 10.0. The molecule has 1 nitrogen and oxygen atoms in total. The fraction of sp³-hybridized carbons (Fsp3) is 0.333. The van der Waals surface area contributed by atoms with Gasteiger partial charge in [-0.05, 0) is 30.9 Å². The van der Waals surface area contributed by atoms with Crippen LogP contribution in [0.15, 0.2) is 18.2 Å². The minimum absolute atomic E-state index is 0.273. The molecule has 0 saturated heterocycles. The first-order valence-electron chi connectivity index (χ1n) is 4.93. The van der Waals surface area contributed by atoms with Gasteiger partial charge in [0.2, 0.25) is 0 Å². The van der Waals surface area contributed by atoms with Crippen molar-refractivity contribution < 1.29 is 13.9 Å². The first-order chi connectivity index (χ1) is 7.09. The van der Waals surface area contributed by atoms with Crippen LogP contribution >= 0.6 is 0 Å². The normalized spacial score (nSPS) is 20.5. The molecule has 1 aliphatic rings. The van der Waals surface area contributed by atoms with Crippen molar-refractivity contribution in [2.45, 2.75) is 25.9 Å². The fourth-order valence-electron chi connectivity index (χ4n) is 1.82.